The van der Waals surface area contributed by atoms with Crippen LogP contribution in [0.2, 0.25) is 0 Å². The second-order valence-corrected chi connectivity index (χ2v) is 3.10. The Bertz CT molecular complexity index is 335. The first-order chi connectivity index (χ1) is 7.08. The summed E-state index contributed by atoms with van der Waals surface area (Å²) in [5.41, 5.74) is 0.505. The van der Waals surface area contributed by atoms with Gasteiger partial charge in [-0.1, -0.05) is 0 Å². The molecule has 82 valence electrons. The van der Waals surface area contributed by atoms with Gasteiger partial charge in [0.15, 0.2) is 0 Å². The fourth-order valence-electron chi connectivity index (χ4n) is 1.18. The van der Waals surface area contributed by atoms with E-state index in [1.807, 2.05) is 0 Å². The number of rotatable bonds is 5. The molecule has 0 aliphatic heterocycles. The summed E-state index contributed by atoms with van der Waals surface area (Å²) in [7, 11) is 0. The molecule has 15 heavy (non-hydrogen) atoms. The van der Waals surface area contributed by atoms with Gasteiger partial charge in [0.25, 0.3) is 0 Å². The van der Waals surface area contributed by atoms with Gasteiger partial charge in [0.2, 0.25) is 0 Å². The fourth-order valence-corrected chi connectivity index (χ4v) is 1.18. The lowest BCUT2D eigenvalue weighted by Crippen LogP contribution is -2.24. The standard InChI is InChI=1S/C10H11F2NO2/c11-8-3-7(4-9(12)5-8)1-2-13-6-10(14)15/h3-5,13H,1-2,6H2,(H,14,15). The van der Waals surface area contributed by atoms with Gasteiger partial charge >= 0.3 is 5.97 Å². The lowest BCUT2D eigenvalue weighted by Gasteiger charge is -2.02. The SMILES string of the molecule is O=C(O)CNCCc1cc(F)cc(F)c1. The molecular weight excluding hydrogens is 204 g/mol. The first-order valence-electron chi connectivity index (χ1n) is 4.45. The third-order valence-electron chi connectivity index (χ3n) is 1.79. The van der Waals surface area contributed by atoms with E-state index in [0.717, 1.165) is 6.07 Å². The van der Waals surface area contributed by atoms with E-state index in [-0.39, 0.29) is 6.54 Å². The van der Waals surface area contributed by atoms with Gasteiger partial charge in [-0.15, -0.1) is 0 Å². The van der Waals surface area contributed by atoms with E-state index in [2.05, 4.69) is 5.32 Å². The van der Waals surface area contributed by atoms with Crippen molar-refractivity contribution in [2.75, 3.05) is 13.1 Å². The van der Waals surface area contributed by atoms with E-state index >= 15 is 0 Å². The summed E-state index contributed by atoms with van der Waals surface area (Å²) in [5.74, 6) is -2.20. The maximum Gasteiger partial charge on any atom is 0.317 e. The Morgan fingerprint density at radius 2 is 1.87 bits per heavy atom. The Morgan fingerprint density at radius 1 is 1.27 bits per heavy atom. The highest BCUT2D eigenvalue weighted by Crippen LogP contribution is 2.07. The maximum atomic E-state index is 12.7. The molecule has 1 rings (SSSR count). The monoisotopic (exact) mass is 215 g/mol. The van der Waals surface area contributed by atoms with Gasteiger partial charge in [-0.05, 0) is 30.7 Å². The lowest BCUT2D eigenvalue weighted by atomic mass is 10.1. The minimum Gasteiger partial charge on any atom is -0.480 e. The maximum absolute atomic E-state index is 12.7. The molecule has 0 amide bonds. The van der Waals surface area contributed by atoms with Crippen LogP contribution in [0.3, 0.4) is 0 Å². The van der Waals surface area contributed by atoms with Crippen molar-refractivity contribution < 1.29 is 18.7 Å². The first kappa shape index (κ1) is 11.6. The number of halogens is 2. The van der Waals surface area contributed by atoms with Crippen LogP contribution in [0.4, 0.5) is 8.78 Å². The van der Waals surface area contributed by atoms with E-state index in [4.69, 9.17) is 5.11 Å². The predicted octanol–water partition coefficient (Wildman–Crippen LogP) is 1.18. The van der Waals surface area contributed by atoms with E-state index < -0.39 is 17.6 Å². The second kappa shape index (κ2) is 5.41. The Morgan fingerprint density at radius 3 is 2.40 bits per heavy atom. The van der Waals surface area contributed by atoms with Crippen molar-refractivity contribution in [3.63, 3.8) is 0 Å². The zero-order valence-corrected chi connectivity index (χ0v) is 7.96. The smallest absolute Gasteiger partial charge is 0.317 e. The number of nitrogens with one attached hydrogen (secondary N) is 1. The zero-order chi connectivity index (χ0) is 11.3. The number of aliphatic carboxylic acids is 1. The van der Waals surface area contributed by atoms with Gasteiger partial charge < -0.3 is 10.4 Å². The topological polar surface area (TPSA) is 49.3 Å². The summed E-state index contributed by atoms with van der Waals surface area (Å²) in [5, 5.41) is 10.9. The van der Waals surface area contributed by atoms with Crippen LogP contribution in [0.5, 0.6) is 0 Å². The van der Waals surface area contributed by atoms with Crippen LogP contribution in [0.25, 0.3) is 0 Å². The molecule has 0 atom stereocenters. The third-order valence-corrected chi connectivity index (χ3v) is 1.79. The molecule has 0 aromatic heterocycles. The molecule has 1 aromatic carbocycles. The molecule has 0 spiro atoms. The molecule has 0 saturated heterocycles. The largest absolute Gasteiger partial charge is 0.480 e. The molecule has 0 radical (unpaired) electrons. The predicted molar refractivity (Wildman–Crippen MR) is 50.6 cm³/mol. The lowest BCUT2D eigenvalue weighted by molar-refractivity contribution is -0.135. The van der Waals surface area contributed by atoms with Crippen molar-refractivity contribution in [1.82, 2.24) is 5.32 Å². The minimum atomic E-state index is -0.958. The third kappa shape index (κ3) is 4.51. The van der Waals surface area contributed by atoms with Gasteiger partial charge in [0.1, 0.15) is 11.6 Å². The molecule has 0 aliphatic carbocycles. The molecule has 0 saturated carbocycles. The average molecular weight is 215 g/mol. The number of benzene rings is 1. The Balaban J connectivity index is 2.40. The summed E-state index contributed by atoms with van der Waals surface area (Å²) >= 11 is 0. The van der Waals surface area contributed by atoms with Crippen LogP contribution in [0.1, 0.15) is 5.56 Å². The van der Waals surface area contributed by atoms with Crippen molar-refractivity contribution in [2.24, 2.45) is 0 Å². The van der Waals surface area contributed by atoms with Crippen molar-refractivity contribution in [2.45, 2.75) is 6.42 Å². The Hall–Kier alpha value is -1.49. The van der Waals surface area contributed by atoms with Crippen molar-refractivity contribution in [1.29, 1.82) is 0 Å². The van der Waals surface area contributed by atoms with Crippen molar-refractivity contribution in [3.8, 4) is 0 Å². The summed E-state index contributed by atoms with van der Waals surface area (Å²) in [6.45, 7) is 0.215. The molecule has 1 aromatic rings. The molecular formula is C10H11F2NO2. The zero-order valence-electron chi connectivity index (χ0n) is 7.96. The summed E-state index contributed by atoms with van der Waals surface area (Å²) in [6, 6.07) is 3.26. The summed E-state index contributed by atoms with van der Waals surface area (Å²) in [6.07, 6.45) is 0.391. The number of carbonyl (C=O) groups is 1. The van der Waals surface area contributed by atoms with Crippen LogP contribution in [-0.4, -0.2) is 24.2 Å². The summed E-state index contributed by atoms with van der Waals surface area (Å²) in [4.78, 5) is 10.1. The molecule has 0 fully saturated rings. The molecule has 0 bridgehead atoms. The van der Waals surface area contributed by atoms with E-state index in [1.165, 1.54) is 12.1 Å². The molecule has 0 aliphatic rings. The quantitative estimate of drug-likeness (QED) is 0.725. The fraction of sp³-hybridized carbons (Fsp3) is 0.300. The molecule has 0 heterocycles. The van der Waals surface area contributed by atoms with Crippen LogP contribution < -0.4 is 5.32 Å². The number of hydrogen-bond donors (Lipinski definition) is 2. The van der Waals surface area contributed by atoms with Crippen LogP contribution >= 0.6 is 0 Å². The Kier molecular flexibility index (Phi) is 4.17. The Labute approximate surface area is 85.7 Å². The van der Waals surface area contributed by atoms with Gasteiger partial charge in [-0.2, -0.15) is 0 Å². The van der Waals surface area contributed by atoms with Crippen LogP contribution in [0.15, 0.2) is 18.2 Å². The van der Waals surface area contributed by atoms with Crippen LogP contribution in [-0.2, 0) is 11.2 Å². The summed E-state index contributed by atoms with van der Waals surface area (Å²) < 4.78 is 25.4. The number of hydrogen-bond acceptors (Lipinski definition) is 2. The van der Waals surface area contributed by atoms with Crippen LogP contribution in [0, 0.1) is 11.6 Å². The second-order valence-electron chi connectivity index (χ2n) is 3.10. The van der Waals surface area contributed by atoms with Gasteiger partial charge in [-0.25, -0.2) is 8.78 Å². The number of carboxylic acid groups (broad SMARTS) is 1. The van der Waals surface area contributed by atoms with Gasteiger partial charge in [-0.3, -0.25) is 4.79 Å². The van der Waals surface area contributed by atoms with Crippen molar-refractivity contribution in [3.05, 3.63) is 35.4 Å². The number of carboxylic acids is 1. The molecule has 3 nitrogen and oxygen atoms in total. The average Bonchev–Trinajstić information content (AvgIpc) is 2.10. The molecule has 5 heteroatoms. The van der Waals surface area contributed by atoms with E-state index in [1.54, 1.807) is 0 Å². The first-order valence-corrected chi connectivity index (χ1v) is 4.45. The normalized spacial score (nSPS) is 10.3. The molecule has 2 N–H and O–H groups in total. The highest BCUT2D eigenvalue weighted by Gasteiger charge is 2.01. The van der Waals surface area contributed by atoms with E-state index in [0.29, 0.717) is 18.5 Å². The van der Waals surface area contributed by atoms with Crippen molar-refractivity contribution >= 4 is 5.97 Å². The van der Waals surface area contributed by atoms with E-state index in [9.17, 15) is 13.6 Å². The molecule has 0 unspecified atom stereocenters. The van der Waals surface area contributed by atoms with Gasteiger partial charge in [0, 0.05) is 6.07 Å². The minimum absolute atomic E-state index is 0.155. The van der Waals surface area contributed by atoms with Gasteiger partial charge in [0.05, 0.1) is 6.54 Å². The highest BCUT2D eigenvalue weighted by molar-refractivity contribution is 5.68. The highest BCUT2D eigenvalue weighted by atomic mass is 19.1.